The first-order chi connectivity index (χ1) is 9.92. The van der Waals surface area contributed by atoms with Crippen LogP contribution in [0.5, 0.6) is 0 Å². The molecule has 0 aliphatic carbocycles. The SMILES string of the molecule is CCN(C(C)=O)C(C)(C(=O)O)c1cccc2ccccc12. The molecule has 0 heterocycles. The van der Waals surface area contributed by atoms with Crippen molar-refractivity contribution in [2.24, 2.45) is 0 Å². The lowest BCUT2D eigenvalue weighted by Crippen LogP contribution is -2.52. The Balaban J connectivity index is 2.77. The van der Waals surface area contributed by atoms with Gasteiger partial charge < -0.3 is 10.0 Å². The van der Waals surface area contributed by atoms with Gasteiger partial charge in [0.1, 0.15) is 0 Å². The zero-order chi connectivity index (χ0) is 15.6. The molecule has 0 aliphatic rings. The molecule has 0 saturated carbocycles. The van der Waals surface area contributed by atoms with E-state index in [-0.39, 0.29) is 5.91 Å². The third-order valence-corrected chi connectivity index (χ3v) is 3.97. The van der Waals surface area contributed by atoms with Gasteiger partial charge in [0.2, 0.25) is 5.91 Å². The molecule has 0 aliphatic heterocycles. The fraction of sp³-hybridized carbons (Fsp3) is 0.294. The van der Waals surface area contributed by atoms with E-state index in [9.17, 15) is 14.7 Å². The topological polar surface area (TPSA) is 57.6 Å². The molecular formula is C17H19NO3. The lowest BCUT2D eigenvalue weighted by Gasteiger charge is -2.37. The van der Waals surface area contributed by atoms with Gasteiger partial charge in [-0.15, -0.1) is 0 Å². The third kappa shape index (κ3) is 2.37. The Labute approximate surface area is 124 Å². The lowest BCUT2D eigenvalue weighted by molar-refractivity contribution is -0.158. The van der Waals surface area contributed by atoms with Crippen LogP contribution in [0.2, 0.25) is 0 Å². The van der Waals surface area contributed by atoms with Crippen LogP contribution in [0.3, 0.4) is 0 Å². The van der Waals surface area contributed by atoms with E-state index < -0.39 is 11.5 Å². The van der Waals surface area contributed by atoms with E-state index in [0.29, 0.717) is 12.1 Å². The van der Waals surface area contributed by atoms with Gasteiger partial charge in [0.25, 0.3) is 0 Å². The van der Waals surface area contributed by atoms with Crippen molar-refractivity contribution in [3.05, 3.63) is 48.0 Å². The van der Waals surface area contributed by atoms with Gasteiger partial charge >= 0.3 is 5.97 Å². The summed E-state index contributed by atoms with van der Waals surface area (Å²) in [4.78, 5) is 25.3. The van der Waals surface area contributed by atoms with E-state index in [4.69, 9.17) is 0 Å². The van der Waals surface area contributed by atoms with Crippen molar-refractivity contribution in [3.63, 3.8) is 0 Å². The number of carbonyl (C=O) groups is 2. The van der Waals surface area contributed by atoms with Crippen LogP contribution in [-0.4, -0.2) is 28.4 Å². The van der Waals surface area contributed by atoms with Crippen molar-refractivity contribution < 1.29 is 14.7 Å². The molecule has 1 N–H and O–H groups in total. The first-order valence-corrected chi connectivity index (χ1v) is 6.92. The van der Waals surface area contributed by atoms with Gasteiger partial charge in [-0.05, 0) is 30.2 Å². The summed E-state index contributed by atoms with van der Waals surface area (Å²) >= 11 is 0. The number of benzene rings is 2. The molecule has 2 rings (SSSR count). The number of carbonyl (C=O) groups excluding carboxylic acids is 1. The summed E-state index contributed by atoms with van der Waals surface area (Å²) in [6.45, 7) is 5.10. The number of hydrogen-bond donors (Lipinski definition) is 1. The number of aliphatic carboxylic acids is 1. The smallest absolute Gasteiger partial charge is 0.334 e. The van der Waals surface area contributed by atoms with Crippen molar-refractivity contribution in [2.75, 3.05) is 6.54 Å². The molecule has 2 aromatic carbocycles. The maximum Gasteiger partial charge on any atom is 0.334 e. The van der Waals surface area contributed by atoms with Crippen LogP contribution in [0.1, 0.15) is 26.3 Å². The number of amides is 1. The number of likely N-dealkylation sites (N-methyl/N-ethyl adjacent to an activating group) is 1. The van der Waals surface area contributed by atoms with E-state index in [0.717, 1.165) is 10.8 Å². The van der Waals surface area contributed by atoms with Gasteiger partial charge in [-0.1, -0.05) is 42.5 Å². The van der Waals surface area contributed by atoms with Crippen LogP contribution in [0, 0.1) is 0 Å². The Hall–Kier alpha value is -2.36. The molecule has 1 amide bonds. The Bertz CT molecular complexity index is 690. The van der Waals surface area contributed by atoms with Crippen LogP contribution in [0.25, 0.3) is 10.8 Å². The van der Waals surface area contributed by atoms with Gasteiger partial charge in [-0.25, -0.2) is 4.79 Å². The Kier molecular flexibility index (Phi) is 3.98. The molecule has 4 heteroatoms. The number of hydrogen-bond acceptors (Lipinski definition) is 2. The molecular weight excluding hydrogens is 266 g/mol. The second-order valence-corrected chi connectivity index (χ2v) is 5.17. The molecule has 1 atom stereocenters. The fourth-order valence-corrected chi connectivity index (χ4v) is 2.88. The van der Waals surface area contributed by atoms with Crippen molar-refractivity contribution >= 4 is 22.6 Å². The van der Waals surface area contributed by atoms with Gasteiger partial charge in [-0.3, -0.25) is 4.79 Å². The van der Waals surface area contributed by atoms with E-state index in [1.165, 1.54) is 11.8 Å². The highest BCUT2D eigenvalue weighted by Crippen LogP contribution is 2.34. The zero-order valence-corrected chi connectivity index (χ0v) is 12.5. The Morgan fingerprint density at radius 1 is 1.14 bits per heavy atom. The van der Waals surface area contributed by atoms with Crippen LogP contribution in [0.4, 0.5) is 0 Å². The maximum atomic E-state index is 12.0. The van der Waals surface area contributed by atoms with Crippen LogP contribution < -0.4 is 0 Å². The fourth-order valence-electron chi connectivity index (χ4n) is 2.88. The zero-order valence-electron chi connectivity index (χ0n) is 12.5. The summed E-state index contributed by atoms with van der Waals surface area (Å²) in [6.07, 6.45) is 0. The summed E-state index contributed by atoms with van der Waals surface area (Å²) in [6, 6.07) is 13.1. The summed E-state index contributed by atoms with van der Waals surface area (Å²) in [7, 11) is 0. The minimum Gasteiger partial charge on any atom is -0.479 e. The summed E-state index contributed by atoms with van der Waals surface area (Å²) in [5, 5.41) is 11.6. The molecule has 4 nitrogen and oxygen atoms in total. The molecule has 0 fully saturated rings. The van der Waals surface area contributed by atoms with E-state index in [1.54, 1.807) is 19.9 Å². The number of rotatable bonds is 4. The average molecular weight is 285 g/mol. The molecule has 0 saturated heterocycles. The highest BCUT2D eigenvalue weighted by Gasteiger charge is 2.43. The second-order valence-electron chi connectivity index (χ2n) is 5.17. The normalized spacial score (nSPS) is 13.7. The third-order valence-electron chi connectivity index (χ3n) is 3.97. The minimum absolute atomic E-state index is 0.254. The minimum atomic E-state index is -1.39. The van der Waals surface area contributed by atoms with E-state index in [2.05, 4.69) is 0 Å². The summed E-state index contributed by atoms with van der Waals surface area (Å²) < 4.78 is 0. The highest BCUT2D eigenvalue weighted by molar-refractivity contribution is 5.95. The van der Waals surface area contributed by atoms with Gasteiger partial charge in [0.15, 0.2) is 5.54 Å². The predicted molar refractivity (Wildman–Crippen MR) is 82.0 cm³/mol. The van der Waals surface area contributed by atoms with Crippen LogP contribution in [0.15, 0.2) is 42.5 Å². The van der Waals surface area contributed by atoms with Crippen LogP contribution in [-0.2, 0) is 15.1 Å². The molecule has 0 radical (unpaired) electrons. The molecule has 0 spiro atoms. The van der Waals surface area contributed by atoms with E-state index in [1.807, 2.05) is 36.4 Å². The molecule has 110 valence electrons. The van der Waals surface area contributed by atoms with E-state index >= 15 is 0 Å². The number of fused-ring (bicyclic) bond motifs is 1. The monoisotopic (exact) mass is 285 g/mol. The first-order valence-electron chi connectivity index (χ1n) is 6.92. The van der Waals surface area contributed by atoms with Gasteiger partial charge in [0.05, 0.1) is 0 Å². The average Bonchev–Trinajstić information content (AvgIpc) is 2.46. The molecule has 0 aromatic heterocycles. The largest absolute Gasteiger partial charge is 0.479 e. The predicted octanol–water partition coefficient (Wildman–Crippen LogP) is 3.01. The van der Waals surface area contributed by atoms with Crippen molar-refractivity contribution in [2.45, 2.75) is 26.3 Å². The maximum absolute atomic E-state index is 12.0. The Morgan fingerprint density at radius 3 is 2.33 bits per heavy atom. The second kappa shape index (κ2) is 5.56. The molecule has 2 aromatic rings. The molecule has 1 unspecified atom stereocenters. The first kappa shape index (κ1) is 15.0. The quantitative estimate of drug-likeness (QED) is 0.939. The summed E-state index contributed by atoms with van der Waals surface area (Å²) in [5.74, 6) is -1.29. The van der Waals surface area contributed by atoms with Gasteiger partial charge in [0, 0.05) is 13.5 Å². The van der Waals surface area contributed by atoms with Crippen molar-refractivity contribution in [1.29, 1.82) is 0 Å². The van der Waals surface area contributed by atoms with Crippen LogP contribution >= 0.6 is 0 Å². The lowest BCUT2D eigenvalue weighted by atomic mass is 9.86. The number of carboxylic acid groups (broad SMARTS) is 1. The van der Waals surface area contributed by atoms with Gasteiger partial charge in [-0.2, -0.15) is 0 Å². The summed E-state index contributed by atoms with van der Waals surface area (Å²) in [5.41, 5.74) is -0.758. The highest BCUT2D eigenvalue weighted by atomic mass is 16.4. The van der Waals surface area contributed by atoms with Crippen molar-refractivity contribution in [3.8, 4) is 0 Å². The number of carboxylic acids is 1. The molecule has 21 heavy (non-hydrogen) atoms. The standard InChI is InChI=1S/C17H19NO3/c1-4-18(12(2)19)17(3,16(20)21)15-11-7-9-13-8-5-6-10-14(13)15/h5-11H,4H2,1-3H3,(H,20,21). The van der Waals surface area contributed by atoms with Crippen molar-refractivity contribution in [1.82, 2.24) is 4.90 Å². The molecule has 0 bridgehead atoms. The number of nitrogens with zero attached hydrogens (tertiary/aromatic N) is 1. The Morgan fingerprint density at radius 2 is 1.76 bits per heavy atom.